The zero-order valence-electron chi connectivity index (χ0n) is 11.8. The molecule has 0 bridgehead atoms. The Bertz CT molecular complexity index is 450. The molecule has 1 aromatic carbocycles. The van der Waals surface area contributed by atoms with E-state index in [4.69, 9.17) is 4.74 Å². The highest BCUT2D eigenvalue weighted by molar-refractivity contribution is 5.78. The van der Waals surface area contributed by atoms with E-state index in [9.17, 15) is 9.90 Å². The summed E-state index contributed by atoms with van der Waals surface area (Å²) in [4.78, 5) is 11.0. The molecule has 1 fully saturated rings. The van der Waals surface area contributed by atoms with E-state index >= 15 is 0 Å². The van der Waals surface area contributed by atoms with Crippen LogP contribution < -0.4 is 15.4 Å². The molecule has 2 unspecified atom stereocenters. The van der Waals surface area contributed by atoms with Crippen LogP contribution in [0.25, 0.3) is 0 Å². The Balaban J connectivity index is 1.60. The van der Waals surface area contributed by atoms with Crippen molar-refractivity contribution in [3.63, 3.8) is 0 Å². The SMILES string of the molecule is Cc1cccc(OCC(O)CNCC2CCC(=O)N2)c1. The van der Waals surface area contributed by atoms with Crippen molar-refractivity contribution in [2.24, 2.45) is 0 Å². The largest absolute Gasteiger partial charge is 0.491 e. The summed E-state index contributed by atoms with van der Waals surface area (Å²) in [6, 6.07) is 7.93. The second-order valence-corrected chi connectivity index (χ2v) is 5.24. The molecule has 5 heteroatoms. The van der Waals surface area contributed by atoms with Crippen molar-refractivity contribution in [1.29, 1.82) is 0 Å². The smallest absolute Gasteiger partial charge is 0.220 e. The minimum Gasteiger partial charge on any atom is -0.491 e. The predicted octanol–water partition coefficient (Wildman–Crippen LogP) is 0.603. The molecule has 0 aliphatic carbocycles. The van der Waals surface area contributed by atoms with Gasteiger partial charge in [-0.1, -0.05) is 12.1 Å². The highest BCUT2D eigenvalue weighted by Gasteiger charge is 2.20. The zero-order chi connectivity index (χ0) is 14.4. The van der Waals surface area contributed by atoms with Crippen LogP contribution in [-0.2, 0) is 4.79 Å². The summed E-state index contributed by atoms with van der Waals surface area (Å²) in [5, 5.41) is 15.9. The van der Waals surface area contributed by atoms with Gasteiger partial charge < -0.3 is 20.5 Å². The van der Waals surface area contributed by atoms with Gasteiger partial charge in [-0.05, 0) is 31.0 Å². The summed E-state index contributed by atoms with van der Waals surface area (Å²) in [7, 11) is 0. The summed E-state index contributed by atoms with van der Waals surface area (Å²) in [5.74, 6) is 0.882. The lowest BCUT2D eigenvalue weighted by molar-refractivity contribution is -0.119. The Hall–Kier alpha value is -1.59. The Kier molecular flexibility index (Phi) is 5.38. The number of nitrogens with one attached hydrogen (secondary N) is 2. The molecule has 1 aliphatic heterocycles. The quantitative estimate of drug-likeness (QED) is 0.683. The van der Waals surface area contributed by atoms with E-state index in [1.54, 1.807) is 0 Å². The maximum Gasteiger partial charge on any atom is 0.220 e. The Morgan fingerprint density at radius 3 is 3.10 bits per heavy atom. The first kappa shape index (κ1) is 14.8. The van der Waals surface area contributed by atoms with Gasteiger partial charge in [0.2, 0.25) is 5.91 Å². The molecule has 2 rings (SSSR count). The van der Waals surface area contributed by atoms with Crippen molar-refractivity contribution >= 4 is 5.91 Å². The molecule has 5 nitrogen and oxygen atoms in total. The predicted molar refractivity (Wildman–Crippen MR) is 76.7 cm³/mol. The minimum absolute atomic E-state index is 0.111. The van der Waals surface area contributed by atoms with Crippen LogP contribution in [0.5, 0.6) is 5.75 Å². The normalized spacial score (nSPS) is 19.7. The lowest BCUT2D eigenvalue weighted by Crippen LogP contribution is -2.40. The van der Waals surface area contributed by atoms with Gasteiger partial charge in [-0.2, -0.15) is 0 Å². The van der Waals surface area contributed by atoms with Crippen molar-refractivity contribution in [3.8, 4) is 5.75 Å². The van der Waals surface area contributed by atoms with Gasteiger partial charge in [-0.15, -0.1) is 0 Å². The summed E-state index contributed by atoms with van der Waals surface area (Å²) in [6.07, 6.45) is 0.903. The van der Waals surface area contributed by atoms with Crippen LogP contribution in [0.2, 0.25) is 0 Å². The Labute approximate surface area is 119 Å². The van der Waals surface area contributed by atoms with Crippen molar-refractivity contribution in [3.05, 3.63) is 29.8 Å². The Morgan fingerprint density at radius 2 is 2.40 bits per heavy atom. The second-order valence-electron chi connectivity index (χ2n) is 5.24. The molecule has 1 heterocycles. The maximum atomic E-state index is 11.0. The number of aliphatic hydroxyl groups is 1. The molecule has 1 amide bonds. The van der Waals surface area contributed by atoms with Gasteiger partial charge in [0.15, 0.2) is 0 Å². The van der Waals surface area contributed by atoms with E-state index in [0.29, 0.717) is 19.5 Å². The molecule has 1 aliphatic rings. The van der Waals surface area contributed by atoms with E-state index in [1.807, 2.05) is 31.2 Å². The monoisotopic (exact) mass is 278 g/mol. The third-order valence-corrected chi connectivity index (χ3v) is 3.29. The molecule has 0 aromatic heterocycles. The van der Waals surface area contributed by atoms with Gasteiger partial charge in [0, 0.05) is 25.6 Å². The summed E-state index contributed by atoms with van der Waals surface area (Å²) >= 11 is 0. The number of amides is 1. The third kappa shape index (κ3) is 4.83. The summed E-state index contributed by atoms with van der Waals surface area (Å²) in [5.41, 5.74) is 1.13. The average molecular weight is 278 g/mol. The highest BCUT2D eigenvalue weighted by atomic mass is 16.5. The van der Waals surface area contributed by atoms with E-state index < -0.39 is 6.10 Å². The number of carbonyl (C=O) groups is 1. The molecule has 0 radical (unpaired) electrons. The fraction of sp³-hybridized carbons (Fsp3) is 0.533. The van der Waals surface area contributed by atoms with Gasteiger partial charge in [-0.25, -0.2) is 0 Å². The molecule has 1 saturated heterocycles. The lowest BCUT2D eigenvalue weighted by atomic mass is 10.2. The summed E-state index contributed by atoms with van der Waals surface area (Å²) in [6.45, 7) is 3.40. The number of rotatable bonds is 7. The highest BCUT2D eigenvalue weighted by Crippen LogP contribution is 2.12. The van der Waals surface area contributed by atoms with Crippen LogP contribution in [0.15, 0.2) is 24.3 Å². The third-order valence-electron chi connectivity index (χ3n) is 3.29. The van der Waals surface area contributed by atoms with Crippen LogP contribution in [0.3, 0.4) is 0 Å². The number of ether oxygens (including phenoxy) is 1. The molecule has 20 heavy (non-hydrogen) atoms. The van der Waals surface area contributed by atoms with E-state index in [2.05, 4.69) is 10.6 Å². The first-order chi connectivity index (χ1) is 9.63. The topological polar surface area (TPSA) is 70.6 Å². The van der Waals surface area contributed by atoms with Crippen LogP contribution in [0, 0.1) is 6.92 Å². The molecule has 1 aromatic rings. The van der Waals surface area contributed by atoms with Gasteiger partial charge in [0.05, 0.1) is 0 Å². The van der Waals surface area contributed by atoms with Crippen LogP contribution >= 0.6 is 0 Å². The van der Waals surface area contributed by atoms with Crippen molar-refractivity contribution in [2.75, 3.05) is 19.7 Å². The fourth-order valence-electron chi connectivity index (χ4n) is 2.21. The molecule has 2 atom stereocenters. The standard InChI is InChI=1S/C15H22N2O3/c1-11-3-2-4-14(7-11)20-10-13(18)9-16-8-12-5-6-15(19)17-12/h2-4,7,12-13,16,18H,5-6,8-10H2,1H3,(H,17,19). The molecular weight excluding hydrogens is 256 g/mol. The number of aryl methyl sites for hydroxylation is 1. The van der Waals surface area contributed by atoms with Gasteiger partial charge >= 0.3 is 0 Å². The second kappa shape index (κ2) is 7.26. The van der Waals surface area contributed by atoms with Crippen molar-refractivity contribution in [1.82, 2.24) is 10.6 Å². The Morgan fingerprint density at radius 1 is 1.55 bits per heavy atom. The summed E-state index contributed by atoms with van der Waals surface area (Å²) < 4.78 is 5.53. The molecule has 110 valence electrons. The molecule has 0 spiro atoms. The van der Waals surface area contributed by atoms with Gasteiger partial charge in [-0.3, -0.25) is 4.79 Å². The average Bonchev–Trinajstić information content (AvgIpc) is 2.82. The number of aliphatic hydroxyl groups excluding tert-OH is 1. The molecule has 0 saturated carbocycles. The first-order valence-electron chi connectivity index (χ1n) is 7.01. The number of benzene rings is 1. The number of carbonyl (C=O) groups excluding carboxylic acids is 1. The van der Waals surface area contributed by atoms with Gasteiger partial charge in [0.25, 0.3) is 0 Å². The fourth-order valence-corrected chi connectivity index (χ4v) is 2.21. The zero-order valence-corrected chi connectivity index (χ0v) is 11.8. The molecular formula is C15H22N2O3. The lowest BCUT2D eigenvalue weighted by Gasteiger charge is -2.15. The van der Waals surface area contributed by atoms with E-state index in [0.717, 1.165) is 17.7 Å². The van der Waals surface area contributed by atoms with Crippen LogP contribution in [-0.4, -0.2) is 42.9 Å². The van der Waals surface area contributed by atoms with Gasteiger partial charge in [0.1, 0.15) is 18.5 Å². The first-order valence-corrected chi connectivity index (χ1v) is 7.01. The van der Waals surface area contributed by atoms with Crippen LogP contribution in [0.4, 0.5) is 0 Å². The maximum absolute atomic E-state index is 11.0. The molecule has 3 N–H and O–H groups in total. The number of hydrogen-bond donors (Lipinski definition) is 3. The van der Waals surface area contributed by atoms with Crippen molar-refractivity contribution in [2.45, 2.75) is 31.9 Å². The van der Waals surface area contributed by atoms with E-state index in [-0.39, 0.29) is 18.6 Å². The van der Waals surface area contributed by atoms with Crippen LogP contribution in [0.1, 0.15) is 18.4 Å². The number of hydrogen-bond acceptors (Lipinski definition) is 4. The minimum atomic E-state index is -0.562. The van der Waals surface area contributed by atoms with Crippen molar-refractivity contribution < 1.29 is 14.6 Å². The van der Waals surface area contributed by atoms with E-state index in [1.165, 1.54) is 0 Å².